The van der Waals surface area contributed by atoms with Gasteiger partial charge in [-0.3, -0.25) is 4.79 Å². The smallest absolute Gasteiger partial charge is 0.242 e. The van der Waals surface area contributed by atoms with E-state index in [0.29, 0.717) is 10.7 Å². The first kappa shape index (κ1) is 21.7. The zero-order chi connectivity index (χ0) is 22.0. The first-order valence-corrected chi connectivity index (χ1v) is 12.6. The second kappa shape index (κ2) is 8.94. The summed E-state index contributed by atoms with van der Waals surface area (Å²) in [5.74, 6) is -0.000652. The van der Waals surface area contributed by atoms with Gasteiger partial charge in [-0.2, -0.15) is 0 Å². The molecule has 31 heavy (non-hydrogen) atoms. The Morgan fingerprint density at radius 1 is 1.19 bits per heavy atom. The van der Waals surface area contributed by atoms with Gasteiger partial charge in [-0.25, -0.2) is 18.1 Å². The average Bonchev–Trinajstić information content (AvgIpc) is 3.47. The maximum Gasteiger partial charge on any atom is 0.242 e. The molecule has 7 nitrogen and oxygen atoms in total. The maximum atomic E-state index is 13.0. The van der Waals surface area contributed by atoms with Gasteiger partial charge in [-0.05, 0) is 38.3 Å². The number of aryl methyl sites for hydroxylation is 2. The van der Waals surface area contributed by atoms with Crippen molar-refractivity contribution in [2.24, 2.45) is 0 Å². The summed E-state index contributed by atoms with van der Waals surface area (Å²) in [6, 6.07) is 9.32. The van der Waals surface area contributed by atoms with Gasteiger partial charge in [0.05, 0.1) is 5.69 Å². The lowest BCUT2D eigenvalue weighted by atomic mass is 10.1. The van der Waals surface area contributed by atoms with Crippen molar-refractivity contribution in [2.45, 2.75) is 44.7 Å². The molecule has 0 bridgehead atoms. The topological polar surface area (TPSA) is 84.3 Å². The number of nitrogens with zero attached hydrogens (tertiary/aromatic N) is 3. The Morgan fingerprint density at radius 3 is 2.65 bits per heavy atom. The van der Waals surface area contributed by atoms with Crippen LogP contribution in [0, 0.1) is 13.8 Å². The van der Waals surface area contributed by atoms with Crippen molar-refractivity contribution >= 4 is 27.3 Å². The van der Waals surface area contributed by atoms with Crippen LogP contribution in [0.5, 0.6) is 0 Å². The van der Waals surface area contributed by atoms with Gasteiger partial charge in [0.25, 0.3) is 0 Å². The molecule has 4 rings (SSSR count). The van der Waals surface area contributed by atoms with Gasteiger partial charge in [0.15, 0.2) is 0 Å². The Labute approximate surface area is 186 Å². The van der Waals surface area contributed by atoms with Crippen LogP contribution < -0.4 is 4.72 Å². The second-order valence-corrected chi connectivity index (χ2v) is 10.5. The van der Waals surface area contributed by atoms with E-state index in [2.05, 4.69) is 9.71 Å². The third kappa shape index (κ3) is 5.06. The molecule has 1 N–H and O–H groups in total. The normalized spacial score (nSPS) is 14.3. The zero-order valence-electron chi connectivity index (χ0n) is 17.7. The third-order valence-electron chi connectivity index (χ3n) is 5.33. The first-order chi connectivity index (χ1) is 14.8. The highest BCUT2D eigenvalue weighted by Gasteiger charge is 2.24. The fourth-order valence-electron chi connectivity index (χ4n) is 3.71. The standard InChI is InChI=1S/C22H26N4O3S2/c1-16-6-5-7-18(10-16)12-23-31(28,29)19-11-20(22-24-17(2)15-30-22)26(13-19)14-21(27)25-8-3-4-9-25/h5-7,10-11,13,15,23H,3-4,8-9,12,14H2,1-2H3. The molecule has 2 aromatic heterocycles. The number of benzene rings is 1. The molecule has 1 saturated heterocycles. The van der Waals surface area contributed by atoms with Crippen molar-refractivity contribution in [2.75, 3.05) is 13.1 Å². The van der Waals surface area contributed by atoms with Crippen LogP contribution in [0.2, 0.25) is 0 Å². The van der Waals surface area contributed by atoms with Crippen LogP contribution in [-0.2, 0) is 27.9 Å². The summed E-state index contributed by atoms with van der Waals surface area (Å²) in [7, 11) is -3.75. The average molecular weight is 459 g/mol. The van der Waals surface area contributed by atoms with Crippen LogP contribution in [0.1, 0.15) is 29.7 Å². The van der Waals surface area contributed by atoms with Gasteiger partial charge in [0, 0.05) is 36.9 Å². The molecule has 1 aliphatic heterocycles. The summed E-state index contributed by atoms with van der Waals surface area (Å²) in [6.07, 6.45) is 3.57. The summed E-state index contributed by atoms with van der Waals surface area (Å²) >= 11 is 1.44. The Morgan fingerprint density at radius 2 is 1.97 bits per heavy atom. The molecule has 0 radical (unpaired) electrons. The van der Waals surface area contributed by atoms with Crippen molar-refractivity contribution < 1.29 is 13.2 Å². The monoisotopic (exact) mass is 458 g/mol. The number of sulfonamides is 1. The maximum absolute atomic E-state index is 13.0. The molecule has 3 aromatic rings. The van der Waals surface area contributed by atoms with Gasteiger partial charge < -0.3 is 9.47 Å². The summed E-state index contributed by atoms with van der Waals surface area (Å²) < 4.78 is 30.4. The van der Waals surface area contributed by atoms with Crippen LogP contribution in [-0.4, -0.2) is 41.9 Å². The number of nitrogens with one attached hydrogen (secondary N) is 1. The fraction of sp³-hybridized carbons (Fsp3) is 0.364. The molecule has 0 atom stereocenters. The van der Waals surface area contributed by atoms with Crippen LogP contribution in [0.4, 0.5) is 0 Å². The van der Waals surface area contributed by atoms with E-state index in [9.17, 15) is 13.2 Å². The summed E-state index contributed by atoms with van der Waals surface area (Å²) in [5, 5.41) is 2.62. The number of likely N-dealkylation sites (tertiary alicyclic amines) is 1. The minimum atomic E-state index is -3.75. The van der Waals surface area contributed by atoms with Gasteiger partial charge >= 0.3 is 0 Å². The number of thiazole rings is 1. The number of rotatable bonds is 7. The molecular weight excluding hydrogens is 432 g/mol. The minimum absolute atomic E-state index is 0.000652. The quantitative estimate of drug-likeness (QED) is 0.589. The molecule has 0 unspecified atom stereocenters. The van der Waals surface area contributed by atoms with E-state index < -0.39 is 10.0 Å². The Bertz CT molecular complexity index is 1190. The van der Waals surface area contributed by atoms with E-state index in [1.165, 1.54) is 11.3 Å². The predicted octanol–water partition coefficient (Wildman–Crippen LogP) is 3.33. The van der Waals surface area contributed by atoms with E-state index in [4.69, 9.17) is 0 Å². The summed E-state index contributed by atoms with van der Waals surface area (Å²) in [5.41, 5.74) is 3.47. The van der Waals surface area contributed by atoms with Crippen LogP contribution in [0.25, 0.3) is 10.7 Å². The van der Waals surface area contributed by atoms with Crippen molar-refractivity contribution in [3.63, 3.8) is 0 Å². The van der Waals surface area contributed by atoms with E-state index in [0.717, 1.165) is 42.8 Å². The number of aromatic nitrogens is 2. The van der Waals surface area contributed by atoms with Gasteiger partial charge in [0.1, 0.15) is 16.4 Å². The first-order valence-electron chi connectivity index (χ1n) is 10.3. The Hall–Kier alpha value is -2.49. The van der Waals surface area contributed by atoms with Gasteiger partial charge in [-0.1, -0.05) is 29.8 Å². The number of carbonyl (C=O) groups excluding carboxylic acids is 1. The molecule has 0 spiro atoms. The van der Waals surface area contributed by atoms with E-state index in [-0.39, 0.29) is 23.9 Å². The Kier molecular flexibility index (Phi) is 6.27. The molecule has 1 aromatic carbocycles. The second-order valence-electron chi connectivity index (χ2n) is 7.88. The number of hydrogen-bond donors (Lipinski definition) is 1. The van der Waals surface area contributed by atoms with Crippen molar-refractivity contribution in [3.05, 3.63) is 58.7 Å². The largest absolute Gasteiger partial charge is 0.341 e. The van der Waals surface area contributed by atoms with Crippen LogP contribution in [0.3, 0.4) is 0 Å². The minimum Gasteiger partial charge on any atom is -0.341 e. The number of carbonyl (C=O) groups is 1. The zero-order valence-corrected chi connectivity index (χ0v) is 19.3. The van der Waals surface area contributed by atoms with Crippen molar-refractivity contribution in [1.29, 1.82) is 0 Å². The third-order valence-corrected chi connectivity index (χ3v) is 7.68. The van der Waals surface area contributed by atoms with E-state index in [1.807, 2.05) is 48.4 Å². The molecule has 1 amide bonds. The van der Waals surface area contributed by atoms with Crippen molar-refractivity contribution in [3.8, 4) is 10.7 Å². The highest BCUT2D eigenvalue weighted by molar-refractivity contribution is 7.89. The number of amides is 1. The molecule has 0 saturated carbocycles. The molecule has 1 fully saturated rings. The summed E-state index contributed by atoms with van der Waals surface area (Å²) in [6.45, 7) is 5.68. The summed E-state index contributed by atoms with van der Waals surface area (Å²) in [4.78, 5) is 19.2. The number of hydrogen-bond acceptors (Lipinski definition) is 5. The van der Waals surface area contributed by atoms with Crippen molar-refractivity contribution in [1.82, 2.24) is 19.2 Å². The lowest BCUT2D eigenvalue weighted by Gasteiger charge is -2.16. The van der Waals surface area contributed by atoms with Gasteiger partial charge in [-0.15, -0.1) is 11.3 Å². The molecule has 9 heteroatoms. The molecular formula is C22H26N4O3S2. The van der Waals surface area contributed by atoms with E-state index >= 15 is 0 Å². The lowest BCUT2D eigenvalue weighted by Crippen LogP contribution is -2.31. The SMILES string of the molecule is Cc1cccc(CNS(=O)(=O)c2cc(-c3nc(C)cs3)n(CC(=O)N3CCCC3)c2)c1. The predicted molar refractivity (Wildman–Crippen MR) is 121 cm³/mol. The lowest BCUT2D eigenvalue weighted by molar-refractivity contribution is -0.130. The highest BCUT2D eigenvalue weighted by atomic mass is 32.2. The molecule has 0 aliphatic carbocycles. The molecule has 164 valence electrons. The Balaban J connectivity index is 1.60. The van der Waals surface area contributed by atoms with Crippen LogP contribution in [0.15, 0.2) is 46.8 Å². The fourth-order valence-corrected chi connectivity index (χ4v) is 5.59. The molecule has 3 heterocycles. The van der Waals surface area contributed by atoms with Gasteiger partial charge in [0.2, 0.25) is 15.9 Å². The molecule has 1 aliphatic rings. The van der Waals surface area contributed by atoms with E-state index in [1.54, 1.807) is 16.8 Å². The highest BCUT2D eigenvalue weighted by Crippen LogP contribution is 2.28. The van der Waals surface area contributed by atoms with Crippen LogP contribution >= 0.6 is 11.3 Å².